The van der Waals surface area contributed by atoms with Crippen molar-refractivity contribution in [2.24, 2.45) is 4.99 Å². The van der Waals surface area contributed by atoms with Gasteiger partial charge in [0.2, 0.25) is 5.88 Å². The summed E-state index contributed by atoms with van der Waals surface area (Å²) in [5, 5.41) is 10.6. The van der Waals surface area contributed by atoms with Crippen LogP contribution in [0.25, 0.3) is 0 Å². The van der Waals surface area contributed by atoms with Crippen LogP contribution in [0.4, 0.5) is 0 Å². The molecule has 0 bridgehead atoms. The van der Waals surface area contributed by atoms with E-state index in [0.29, 0.717) is 44.1 Å². The number of aromatic nitrogens is 2. The average Bonchev–Trinajstić information content (AvgIpc) is 3.30. The van der Waals surface area contributed by atoms with Crippen LogP contribution in [0.3, 0.4) is 0 Å². The number of nitrogens with zero attached hydrogens (tertiary/aromatic N) is 3. The summed E-state index contributed by atoms with van der Waals surface area (Å²) in [5.74, 6) is 3.20. The van der Waals surface area contributed by atoms with E-state index in [4.69, 9.17) is 14.0 Å². The van der Waals surface area contributed by atoms with Crippen molar-refractivity contribution in [1.29, 1.82) is 0 Å². The molecule has 3 aromatic rings. The molecule has 0 atom stereocenters. The van der Waals surface area contributed by atoms with E-state index in [1.807, 2.05) is 55.5 Å². The first-order valence-corrected chi connectivity index (χ1v) is 10.9. The van der Waals surface area contributed by atoms with Crippen molar-refractivity contribution in [3.05, 3.63) is 71.7 Å². The second-order valence-electron chi connectivity index (χ2n) is 7.44. The second-order valence-corrected chi connectivity index (χ2v) is 7.44. The number of benzene rings is 1. The standard InChI is InChI=1S/C24H31N5O3/c1-4-25-24(28-17-21-14-22(18(2)3)29-32-21)27-16-19-10-11-23(26-15-19)31-13-12-30-20-8-6-5-7-9-20/h5-11,14-15,18H,4,12-13,16-17H2,1-3H3,(H2,25,27,28). The van der Waals surface area contributed by atoms with Gasteiger partial charge in [-0.1, -0.05) is 43.3 Å². The molecule has 170 valence electrons. The molecule has 0 saturated carbocycles. The molecule has 2 heterocycles. The highest BCUT2D eigenvalue weighted by atomic mass is 16.5. The van der Waals surface area contributed by atoms with E-state index in [2.05, 4.69) is 39.6 Å². The monoisotopic (exact) mass is 437 g/mol. The largest absolute Gasteiger partial charge is 0.490 e. The Morgan fingerprint density at radius 3 is 2.56 bits per heavy atom. The van der Waals surface area contributed by atoms with E-state index in [9.17, 15) is 0 Å². The average molecular weight is 438 g/mol. The van der Waals surface area contributed by atoms with Gasteiger partial charge in [0.25, 0.3) is 0 Å². The Labute approximate surface area is 189 Å². The molecule has 0 unspecified atom stereocenters. The maximum Gasteiger partial charge on any atom is 0.213 e. The Bertz CT molecular complexity index is 955. The van der Waals surface area contributed by atoms with Crippen molar-refractivity contribution in [1.82, 2.24) is 20.8 Å². The number of pyridine rings is 1. The molecule has 0 aliphatic rings. The van der Waals surface area contributed by atoms with Crippen LogP contribution in [-0.2, 0) is 13.1 Å². The highest BCUT2D eigenvalue weighted by Gasteiger charge is 2.08. The van der Waals surface area contributed by atoms with Crippen LogP contribution in [0.5, 0.6) is 11.6 Å². The van der Waals surface area contributed by atoms with E-state index >= 15 is 0 Å². The van der Waals surface area contributed by atoms with Crippen LogP contribution < -0.4 is 20.1 Å². The van der Waals surface area contributed by atoms with E-state index in [1.165, 1.54) is 0 Å². The van der Waals surface area contributed by atoms with Crippen molar-refractivity contribution < 1.29 is 14.0 Å². The summed E-state index contributed by atoms with van der Waals surface area (Å²) in [4.78, 5) is 8.96. The lowest BCUT2D eigenvalue weighted by molar-refractivity contribution is 0.212. The fraction of sp³-hybridized carbons (Fsp3) is 0.375. The molecule has 0 fully saturated rings. The van der Waals surface area contributed by atoms with Crippen molar-refractivity contribution >= 4 is 5.96 Å². The Morgan fingerprint density at radius 1 is 1.06 bits per heavy atom. The lowest BCUT2D eigenvalue weighted by atomic mass is 10.1. The van der Waals surface area contributed by atoms with Crippen LogP contribution >= 0.6 is 0 Å². The highest BCUT2D eigenvalue weighted by Crippen LogP contribution is 2.14. The Balaban J connectivity index is 1.44. The van der Waals surface area contributed by atoms with Crippen LogP contribution in [0, 0.1) is 0 Å². The summed E-state index contributed by atoms with van der Waals surface area (Å²) < 4.78 is 16.6. The fourth-order valence-electron chi connectivity index (χ4n) is 2.78. The molecule has 32 heavy (non-hydrogen) atoms. The molecule has 1 aromatic carbocycles. The van der Waals surface area contributed by atoms with Crippen LogP contribution in [0.15, 0.2) is 64.2 Å². The number of hydrogen-bond acceptors (Lipinski definition) is 6. The molecule has 0 spiro atoms. The number of nitrogens with one attached hydrogen (secondary N) is 2. The van der Waals surface area contributed by atoms with Gasteiger partial charge in [0.1, 0.15) is 19.0 Å². The van der Waals surface area contributed by atoms with Crippen molar-refractivity contribution in [2.45, 2.75) is 39.8 Å². The zero-order valence-electron chi connectivity index (χ0n) is 18.9. The highest BCUT2D eigenvalue weighted by molar-refractivity contribution is 5.79. The lowest BCUT2D eigenvalue weighted by Crippen LogP contribution is -2.36. The van der Waals surface area contributed by atoms with Crippen molar-refractivity contribution in [3.8, 4) is 11.6 Å². The van der Waals surface area contributed by atoms with Gasteiger partial charge in [-0.25, -0.2) is 9.98 Å². The van der Waals surface area contributed by atoms with Gasteiger partial charge in [0.15, 0.2) is 11.7 Å². The lowest BCUT2D eigenvalue weighted by Gasteiger charge is -2.10. The number of guanidine groups is 1. The summed E-state index contributed by atoms with van der Waals surface area (Å²) in [5.41, 5.74) is 1.93. The van der Waals surface area contributed by atoms with Gasteiger partial charge in [0, 0.05) is 24.9 Å². The normalized spacial score (nSPS) is 11.4. The van der Waals surface area contributed by atoms with Crippen LogP contribution in [0.2, 0.25) is 0 Å². The second kappa shape index (κ2) is 12.3. The number of ether oxygens (including phenoxy) is 2. The maximum absolute atomic E-state index is 5.64. The molecule has 0 saturated heterocycles. The Kier molecular flexibility index (Phi) is 8.92. The molecule has 2 N–H and O–H groups in total. The van der Waals surface area contributed by atoms with E-state index in [0.717, 1.165) is 29.3 Å². The zero-order valence-corrected chi connectivity index (χ0v) is 18.9. The molecule has 0 aliphatic heterocycles. The van der Waals surface area contributed by atoms with Gasteiger partial charge in [-0.2, -0.15) is 0 Å². The first-order chi connectivity index (χ1) is 15.6. The van der Waals surface area contributed by atoms with E-state index in [-0.39, 0.29) is 0 Å². The molecule has 3 rings (SSSR count). The summed E-state index contributed by atoms with van der Waals surface area (Å²) in [6.07, 6.45) is 1.77. The third-order valence-corrected chi connectivity index (χ3v) is 4.51. The maximum atomic E-state index is 5.64. The van der Waals surface area contributed by atoms with Gasteiger partial charge in [0.05, 0.1) is 18.8 Å². The first-order valence-electron chi connectivity index (χ1n) is 10.9. The minimum atomic E-state index is 0.338. The van der Waals surface area contributed by atoms with Gasteiger partial charge in [-0.3, -0.25) is 0 Å². The van der Waals surface area contributed by atoms with Crippen molar-refractivity contribution in [3.63, 3.8) is 0 Å². The van der Waals surface area contributed by atoms with Gasteiger partial charge < -0.3 is 24.6 Å². The minimum absolute atomic E-state index is 0.338. The Morgan fingerprint density at radius 2 is 1.88 bits per heavy atom. The number of hydrogen-bond donors (Lipinski definition) is 2. The smallest absolute Gasteiger partial charge is 0.213 e. The number of aliphatic imine (C=N–C) groups is 1. The first kappa shape index (κ1) is 23.1. The minimum Gasteiger partial charge on any atom is -0.490 e. The molecule has 2 aromatic heterocycles. The molecule has 0 amide bonds. The molecular weight excluding hydrogens is 406 g/mol. The quantitative estimate of drug-likeness (QED) is 0.267. The molecule has 0 aliphatic carbocycles. The zero-order chi connectivity index (χ0) is 22.6. The van der Waals surface area contributed by atoms with E-state index in [1.54, 1.807) is 6.20 Å². The Hall–Kier alpha value is -3.55. The summed E-state index contributed by atoms with van der Waals surface area (Å²) in [6, 6.07) is 15.4. The predicted octanol–water partition coefficient (Wildman–Crippen LogP) is 3.91. The van der Waals surface area contributed by atoms with Crippen LogP contribution in [-0.4, -0.2) is 35.9 Å². The fourth-order valence-corrected chi connectivity index (χ4v) is 2.78. The third-order valence-electron chi connectivity index (χ3n) is 4.51. The third kappa shape index (κ3) is 7.61. The topological polar surface area (TPSA) is 93.8 Å². The molecule has 8 heteroatoms. The summed E-state index contributed by atoms with van der Waals surface area (Å²) >= 11 is 0. The SMILES string of the molecule is CCNC(=NCc1ccc(OCCOc2ccccc2)nc1)NCc1cc(C(C)C)no1. The van der Waals surface area contributed by atoms with Crippen LogP contribution in [0.1, 0.15) is 43.7 Å². The van der Waals surface area contributed by atoms with Gasteiger partial charge >= 0.3 is 0 Å². The van der Waals surface area contributed by atoms with Gasteiger partial charge in [-0.05, 0) is 30.5 Å². The number of rotatable bonds is 11. The summed E-state index contributed by atoms with van der Waals surface area (Å²) in [7, 11) is 0. The molecule has 8 nitrogen and oxygen atoms in total. The molecule has 0 radical (unpaired) electrons. The van der Waals surface area contributed by atoms with Crippen molar-refractivity contribution in [2.75, 3.05) is 19.8 Å². The van der Waals surface area contributed by atoms with Gasteiger partial charge in [-0.15, -0.1) is 0 Å². The van der Waals surface area contributed by atoms with E-state index < -0.39 is 0 Å². The number of para-hydroxylation sites is 1. The summed E-state index contributed by atoms with van der Waals surface area (Å²) in [6.45, 7) is 8.85. The predicted molar refractivity (Wildman–Crippen MR) is 124 cm³/mol. The molecular formula is C24H31N5O3.